The van der Waals surface area contributed by atoms with Gasteiger partial charge in [0.1, 0.15) is 11.8 Å². The minimum Gasteiger partial charge on any atom is -0.497 e. The van der Waals surface area contributed by atoms with E-state index in [0.717, 1.165) is 5.56 Å². The molecule has 0 saturated heterocycles. The molecule has 43 heavy (non-hydrogen) atoms. The Morgan fingerprint density at radius 2 is 1.37 bits per heavy atom. The zero-order chi connectivity index (χ0) is 31.9. The van der Waals surface area contributed by atoms with Crippen LogP contribution < -0.4 is 15.4 Å². The van der Waals surface area contributed by atoms with Crippen LogP contribution in [0.25, 0.3) is 0 Å². The number of Topliss-reactive ketones (excluding diaryl/α,β-unsaturated/α-hetero) is 1. The minimum absolute atomic E-state index is 0.0869. The summed E-state index contributed by atoms with van der Waals surface area (Å²) in [5, 5.41) is 5.85. The zero-order valence-corrected chi connectivity index (χ0v) is 25.7. The summed E-state index contributed by atoms with van der Waals surface area (Å²) >= 11 is 18.3. The van der Waals surface area contributed by atoms with Crippen LogP contribution in [0.3, 0.4) is 0 Å². The van der Waals surface area contributed by atoms with Crippen LogP contribution in [-0.2, 0) is 27.2 Å². The van der Waals surface area contributed by atoms with E-state index in [1.54, 1.807) is 66.7 Å². The van der Waals surface area contributed by atoms with Crippen LogP contribution in [0, 0.1) is 5.92 Å². The van der Waals surface area contributed by atoms with Gasteiger partial charge in [-0.2, -0.15) is 13.2 Å². The number of hydrogen-bond acceptors (Lipinski definition) is 4. The molecule has 0 aliphatic carbocycles. The topological polar surface area (TPSA) is 84.5 Å². The van der Waals surface area contributed by atoms with Gasteiger partial charge in [-0.1, -0.05) is 79.0 Å². The van der Waals surface area contributed by atoms with Crippen molar-refractivity contribution in [1.29, 1.82) is 0 Å². The van der Waals surface area contributed by atoms with Gasteiger partial charge in [0.05, 0.1) is 29.1 Å². The van der Waals surface area contributed by atoms with Crippen molar-refractivity contribution >= 4 is 52.4 Å². The SMILES string of the molecule is COc1ccc(C[C@H](C(=O)N[C@@H](Cc2ccc(Cl)cc2)C(=O)N[C@H](C(=O)C(F)(F)F)C(C)C)c2ccc(Cl)c(Cl)c2)cc1. The third-order valence-corrected chi connectivity index (χ3v) is 7.76. The number of ketones is 1. The number of carbonyl (C=O) groups excluding carboxylic acids is 3. The maximum absolute atomic E-state index is 13.9. The molecule has 0 aliphatic rings. The second kappa shape index (κ2) is 14.9. The van der Waals surface area contributed by atoms with Crippen molar-refractivity contribution in [3.8, 4) is 5.75 Å². The van der Waals surface area contributed by atoms with Gasteiger partial charge in [0.25, 0.3) is 5.78 Å². The lowest BCUT2D eigenvalue weighted by atomic mass is 9.90. The highest BCUT2D eigenvalue weighted by Gasteiger charge is 2.45. The molecule has 3 aromatic carbocycles. The Morgan fingerprint density at radius 1 is 0.791 bits per heavy atom. The number of nitrogens with one attached hydrogen (secondary N) is 2. The van der Waals surface area contributed by atoms with E-state index in [4.69, 9.17) is 39.5 Å². The molecular formula is C31H30Cl3F3N2O4. The van der Waals surface area contributed by atoms with Gasteiger partial charge < -0.3 is 15.4 Å². The van der Waals surface area contributed by atoms with Gasteiger partial charge >= 0.3 is 6.18 Å². The van der Waals surface area contributed by atoms with E-state index in [1.807, 2.05) is 0 Å². The van der Waals surface area contributed by atoms with E-state index >= 15 is 0 Å². The molecule has 0 spiro atoms. The molecule has 230 valence electrons. The predicted octanol–water partition coefficient (Wildman–Crippen LogP) is 6.98. The minimum atomic E-state index is -5.16. The molecule has 2 N–H and O–H groups in total. The van der Waals surface area contributed by atoms with E-state index in [-0.39, 0.29) is 22.9 Å². The second-order valence-electron chi connectivity index (χ2n) is 10.3. The number of methoxy groups -OCH3 is 1. The van der Waals surface area contributed by atoms with Gasteiger partial charge in [0, 0.05) is 11.4 Å². The second-order valence-corrected chi connectivity index (χ2v) is 11.5. The molecule has 2 amide bonds. The summed E-state index contributed by atoms with van der Waals surface area (Å²) in [5.41, 5.74) is 1.84. The molecule has 3 aromatic rings. The number of rotatable bonds is 12. The molecule has 3 atom stereocenters. The summed E-state index contributed by atoms with van der Waals surface area (Å²) in [5.74, 6) is -4.75. The fourth-order valence-electron chi connectivity index (χ4n) is 4.39. The van der Waals surface area contributed by atoms with Crippen molar-refractivity contribution in [2.45, 2.75) is 50.9 Å². The molecule has 0 radical (unpaired) electrons. The molecule has 0 fully saturated rings. The van der Waals surface area contributed by atoms with Crippen LogP contribution in [-0.4, -0.2) is 43.0 Å². The first-order valence-corrected chi connectivity index (χ1v) is 14.4. The highest BCUT2D eigenvalue weighted by molar-refractivity contribution is 6.42. The normalized spacial score (nSPS) is 13.6. The molecule has 6 nitrogen and oxygen atoms in total. The van der Waals surface area contributed by atoms with Crippen molar-refractivity contribution in [3.63, 3.8) is 0 Å². The Balaban J connectivity index is 1.97. The summed E-state index contributed by atoms with van der Waals surface area (Å²) in [6, 6.07) is 15.0. The van der Waals surface area contributed by atoms with Crippen molar-refractivity contribution in [1.82, 2.24) is 10.6 Å². The Kier molecular flexibility index (Phi) is 11.9. The number of benzene rings is 3. The number of carbonyl (C=O) groups is 3. The molecule has 0 aliphatic heterocycles. The summed E-state index contributed by atoms with van der Waals surface area (Å²) in [6.45, 7) is 2.77. The highest BCUT2D eigenvalue weighted by atomic mass is 35.5. The van der Waals surface area contributed by atoms with Crippen LogP contribution in [0.4, 0.5) is 13.2 Å². The maximum atomic E-state index is 13.9. The Hall–Kier alpha value is -3.27. The summed E-state index contributed by atoms with van der Waals surface area (Å²) in [7, 11) is 1.53. The molecule has 0 unspecified atom stereocenters. The van der Waals surface area contributed by atoms with Crippen LogP contribution >= 0.6 is 34.8 Å². The smallest absolute Gasteiger partial charge is 0.452 e. The molecule has 0 saturated carbocycles. The Morgan fingerprint density at radius 3 is 1.91 bits per heavy atom. The van der Waals surface area contributed by atoms with Gasteiger partial charge in [-0.25, -0.2) is 0 Å². The van der Waals surface area contributed by atoms with E-state index < -0.39 is 47.7 Å². The molecule has 12 heteroatoms. The number of amides is 2. The lowest BCUT2D eigenvalue weighted by molar-refractivity contribution is -0.175. The summed E-state index contributed by atoms with van der Waals surface area (Å²) < 4.78 is 45.1. The zero-order valence-electron chi connectivity index (χ0n) is 23.5. The van der Waals surface area contributed by atoms with E-state index in [0.29, 0.717) is 21.9 Å². The third-order valence-electron chi connectivity index (χ3n) is 6.77. The van der Waals surface area contributed by atoms with Gasteiger partial charge in [-0.3, -0.25) is 14.4 Å². The standard InChI is InChI=1S/C31H30Cl3F3N2O4/c1-17(2)27(28(40)31(35,36)37)39-30(42)26(15-19-4-9-21(32)10-5-19)38-29(41)23(20-8-13-24(33)25(34)16-20)14-18-6-11-22(43-3)12-7-18/h4-13,16-17,23,26-27H,14-15H2,1-3H3,(H,38,41)(H,39,42)/t23-,26-,27-/m0/s1. The van der Waals surface area contributed by atoms with Gasteiger partial charge in [-0.15, -0.1) is 0 Å². The van der Waals surface area contributed by atoms with Gasteiger partial charge in [0.2, 0.25) is 11.8 Å². The van der Waals surface area contributed by atoms with E-state index in [2.05, 4.69) is 10.6 Å². The van der Waals surface area contributed by atoms with Crippen molar-refractivity contribution < 1.29 is 32.3 Å². The van der Waals surface area contributed by atoms with E-state index in [9.17, 15) is 27.6 Å². The molecule has 3 rings (SSSR count). The van der Waals surface area contributed by atoms with Crippen LogP contribution in [0.5, 0.6) is 5.75 Å². The van der Waals surface area contributed by atoms with Crippen molar-refractivity contribution in [3.05, 3.63) is 98.5 Å². The molecular weight excluding hydrogens is 628 g/mol. The maximum Gasteiger partial charge on any atom is 0.452 e. The Bertz CT molecular complexity index is 1430. The lowest BCUT2D eigenvalue weighted by Crippen LogP contribution is -2.56. The monoisotopic (exact) mass is 656 g/mol. The fourth-order valence-corrected chi connectivity index (χ4v) is 4.82. The fraction of sp³-hybridized carbons (Fsp3) is 0.323. The average Bonchev–Trinajstić information content (AvgIpc) is 2.96. The lowest BCUT2D eigenvalue weighted by Gasteiger charge is -2.27. The molecule has 0 aromatic heterocycles. The summed E-state index contributed by atoms with van der Waals surface area (Å²) in [4.78, 5) is 39.4. The number of hydrogen-bond donors (Lipinski definition) is 2. The Labute approximate surface area is 262 Å². The molecule has 0 heterocycles. The average molecular weight is 658 g/mol. The highest BCUT2D eigenvalue weighted by Crippen LogP contribution is 2.30. The van der Waals surface area contributed by atoms with Gasteiger partial charge in [0.15, 0.2) is 0 Å². The first-order valence-electron chi connectivity index (χ1n) is 13.2. The first kappa shape index (κ1) is 34.2. The largest absolute Gasteiger partial charge is 0.497 e. The van der Waals surface area contributed by atoms with Crippen LogP contribution in [0.2, 0.25) is 15.1 Å². The third kappa shape index (κ3) is 9.61. The van der Waals surface area contributed by atoms with Crippen molar-refractivity contribution in [2.24, 2.45) is 5.92 Å². The number of alkyl halides is 3. The van der Waals surface area contributed by atoms with Crippen LogP contribution in [0.15, 0.2) is 66.7 Å². The number of halogens is 6. The molecule has 0 bridgehead atoms. The number of ether oxygens (including phenoxy) is 1. The quantitative estimate of drug-likeness (QED) is 0.220. The van der Waals surface area contributed by atoms with E-state index in [1.165, 1.54) is 21.0 Å². The summed E-state index contributed by atoms with van der Waals surface area (Å²) in [6.07, 6.45) is -5.06. The van der Waals surface area contributed by atoms with Crippen LogP contribution in [0.1, 0.15) is 36.5 Å². The predicted molar refractivity (Wildman–Crippen MR) is 161 cm³/mol. The first-order chi connectivity index (χ1) is 20.2. The van der Waals surface area contributed by atoms with Crippen molar-refractivity contribution in [2.75, 3.05) is 7.11 Å². The van der Waals surface area contributed by atoms with Gasteiger partial charge in [-0.05, 0) is 65.4 Å².